The van der Waals surface area contributed by atoms with Gasteiger partial charge in [0.1, 0.15) is 5.60 Å². The Labute approximate surface area is 87.6 Å². The van der Waals surface area contributed by atoms with Crippen molar-refractivity contribution >= 4 is 5.97 Å². The van der Waals surface area contributed by atoms with Crippen LogP contribution in [0.25, 0.3) is 0 Å². The number of ether oxygens (including phenoxy) is 2. The van der Waals surface area contributed by atoms with E-state index in [1.54, 1.807) is 6.92 Å². The molecular weight excluding hydrogens is 200 g/mol. The Bertz CT molecular complexity index is 342. The zero-order valence-corrected chi connectivity index (χ0v) is 8.90. The van der Waals surface area contributed by atoms with Gasteiger partial charge in [0.15, 0.2) is 11.5 Å². The smallest absolute Gasteiger partial charge is 0.331 e. The summed E-state index contributed by atoms with van der Waals surface area (Å²) in [7, 11) is 2.78. The summed E-state index contributed by atoms with van der Waals surface area (Å²) in [5.74, 6) is -0.999. The predicted octanol–water partition coefficient (Wildman–Crippen LogP) is 1.22. The van der Waals surface area contributed by atoms with Crippen molar-refractivity contribution in [3.05, 3.63) is 23.2 Å². The second kappa shape index (κ2) is 3.94. The van der Waals surface area contributed by atoms with Crippen LogP contribution in [0, 0.1) is 0 Å². The van der Waals surface area contributed by atoms with Crippen molar-refractivity contribution in [1.82, 2.24) is 0 Å². The van der Waals surface area contributed by atoms with Crippen LogP contribution in [-0.4, -0.2) is 36.0 Å². The summed E-state index contributed by atoms with van der Waals surface area (Å²) in [6.07, 6.45) is 1.41. The van der Waals surface area contributed by atoms with E-state index in [1.165, 1.54) is 20.3 Å². The van der Waals surface area contributed by atoms with E-state index >= 15 is 0 Å². The quantitative estimate of drug-likeness (QED) is 0.738. The van der Waals surface area contributed by atoms with Crippen LogP contribution in [0.2, 0.25) is 0 Å². The molecule has 1 atom stereocenters. The highest BCUT2D eigenvalue weighted by molar-refractivity contribution is 5.88. The minimum absolute atomic E-state index is 0.0856. The van der Waals surface area contributed by atoms with Gasteiger partial charge >= 0.3 is 5.97 Å². The first-order chi connectivity index (χ1) is 6.94. The summed E-state index contributed by atoms with van der Waals surface area (Å²) < 4.78 is 10.0. The molecule has 2 N–H and O–H groups in total. The van der Waals surface area contributed by atoms with Gasteiger partial charge in [0.05, 0.1) is 7.11 Å². The van der Waals surface area contributed by atoms with Crippen LogP contribution in [0.15, 0.2) is 23.2 Å². The van der Waals surface area contributed by atoms with Crippen molar-refractivity contribution in [3.8, 4) is 0 Å². The Morgan fingerprint density at radius 3 is 2.53 bits per heavy atom. The van der Waals surface area contributed by atoms with Crippen molar-refractivity contribution < 1.29 is 24.5 Å². The molecule has 1 aliphatic rings. The van der Waals surface area contributed by atoms with E-state index in [0.29, 0.717) is 0 Å². The Hall–Kier alpha value is -1.49. The van der Waals surface area contributed by atoms with E-state index < -0.39 is 11.6 Å². The standard InChI is InChI=1S/C10H14O5/c1-10(15-3)5-6(9(12)13)4-7(14-2)8(10)11/h4,11H,5H2,1-3H3,(H,12,13)/t10-/m0/s1. The minimum Gasteiger partial charge on any atom is -0.506 e. The molecule has 0 aliphatic heterocycles. The summed E-state index contributed by atoms with van der Waals surface area (Å²) in [5, 5.41) is 18.7. The van der Waals surface area contributed by atoms with Gasteiger partial charge in [0.25, 0.3) is 0 Å². The fourth-order valence-electron chi connectivity index (χ4n) is 1.45. The third-order valence-electron chi connectivity index (χ3n) is 2.51. The second-order valence-electron chi connectivity index (χ2n) is 3.50. The number of hydrogen-bond donors (Lipinski definition) is 2. The molecule has 84 valence electrons. The van der Waals surface area contributed by atoms with Gasteiger partial charge in [-0.25, -0.2) is 4.79 Å². The minimum atomic E-state index is -1.04. The number of carboxylic acid groups (broad SMARTS) is 1. The Morgan fingerprint density at radius 2 is 2.13 bits per heavy atom. The Morgan fingerprint density at radius 1 is 1.53 bits per heavy atom. The lowest BCUT2D eigenvalue weighted by molar-refractivity contribution is -0.133. The third-order valence-corrected chi connectivity index (χ3v) is 2.51. The van der Waals surface area contributed by atoms with E-state index in [-0.39, 0.29) is 23.5 Å². The summed E-state index contributed by atoms with van der Waals surface area (Å²) in [5.41, 5.74) is -0.887. The molecule has 0 saturated carbocycles. The number of aliphatic carboxylic acids is 1. The van der Waals surface area contributed by atoms with E-state index in [0.717, 1.165) is 0 Å². The molecule has 5 nitrogen and oxygen atoms in total. The van der Waals surface area contributed by atoms with Crippen molar-refractivity contribution in [2.24, 2.45) is 0 Å². The lowest BCUT2D eigenvalue weighted by Gasteiger charge is -2.31. The maximum atomic E-state index is 10.8. The summed E-state index contributed by atoms with van der Waals surface area (Å²) in [6.45, 7) is 1.61. The molecule has 0 aromatic heterocycles. The number of aliphatic hydroxyl groups excluding tert-OH is 1. The van der Waals surface area contributed by atoms with Crippen LogP contribution >= 0.6 is 0 Å². The van der Waals surface area contributed by atoms with Crippen LogP contribution in [0.4, 0.5) is 0 Å². The topological polar surface area (TPSA) is 76.0 Å². The largest absolute Gasteiger partial charge is 0.506 e. The molecule has 1 rings (SSSR count). The van der Waals surface area contributed by atoms with Crippen molar-refractivity contribution in [2.45, 2.75) is 18.9 Å². The van der Waals surface area contributed by atoms with Crippen LogP contribution in [0.3, 0.4) is 0 Å². The number of aliphatic hydroxyl groups is 1. The average Bonchev–Trinajstić information content (AvgIpc) is 2.21. The molecule has 0 heterocycles. The van der Waals surface area contributed by atoms with Gasteiger partial charge in [0.2, 0.25) is 0 Å². The highest BCUT2D eigenvalue weighted by Crippen LogP contribution is 2.34. The Kier molecular flexibility index (Phi) is 3.04. The normalized spacial score (nSPS) is 26.2. The van der Waals surface area contributed by atoms with Crippen molar-refractivity contribution in [1.29, 1.82) is 0 Å². The van der Waals surface area contributed by atoms with Gasteiger partial charge < -0.3 is 19.7 Å². The first-order valence-corrected chi connectivity index (χ1v) is 4.41. The highest BCUT2D eigenvalue weighted by Gasteiger charge is 2.38. The fraction of sp³-hybridized carbons (Fsp3) is 0.500. The molecule has 15 heavy (non-hydrogen) atoms. The molecule has 0 saturated heterocycles. The molecule has 5 heteroatoms. The molecule has 0 unspecified atom stereocenters. The van der Waals surface area contributed by atoms with E-state index in [1.807, 2.05) is 0 Å². The zero-order valence-electron chi connectivity index (χ0n) is 8.90. The molecule has 0 spiro atoms. The van der Waals surface area contributed by atoms with Crippen LogP contribution in [0.5, 0.6) is 0 Å². The van der Waals surface area contributed by atoms with Gasteiger partial charge in [-0.05, 0) is 13.0 Å². The molecule has 0 bridgehead atoms. The number of methoxy groups -OCH3 is 2. The van der Waals surface area contributed by atoms with Crippen LogP contribution in [-0.2, 0) is 14.3 Å². The molecule has 1 aliphatic carbocycles. The summed E-state index contributed by atoms with van der Waals surface area (Å²) in [4.78, 5) is 10.8. The second-order valence-corrected chi connectivity index (χ2v) is 3.50. The van der Waals surface area contributed by atoms with Crippen molar-refractivity contribution in [3.63, 3.8) is 0 Å². The number of carboxylic acids is 1. The first kappa shape index (κ1) is 11.6. The Balaban J connectivity index is 3.19. The predicted molar refractivity (Wildman–Crippen MR) is 52.4 cm³/mol. The van der Waals surface area contributed by atoms with Crippen LogP contribution < -0.4 is 0 Å². The summed E-state index contributed by atoms with van der Waals surface area (Å²) >= 11 is 0. The molecule has 0 fully saturated rings. The van der Waals surface area contributed by atoms with Gasteiger partial charge in [-0.15, -0.1) is 0 Å². The fourth-order valence-corrected chi connectivity index (χ4v) is 1.45. The van der Waals surface area contributed by atoms with Gasteiger partial charge in [0, 0.05) is 19.1 Å². The number of carbonyl (C=O) groups is 1. The molecule has 0 radical (unpaired) electrons. The highest BCUT2D eigenvalue weighted by atomic mass is 16.5. The van der Waals surface area contributed by atoms with Gasteiger partial charge in [-0.1, -0.05) is 0 Å². The maximum Gasteiger partial charge on any atom is 0.331 e. The van der Waals surface area contributed by atoms with E-state index in [4.69, 9.17) is 14.6 Å². The lowest BCUT2D eigenvalue weighted by Crippen LogP contribution is -2.35. The zero-order chi connectivity index (χ0) is 11.6. The monoisotopic (exact) mass is 214 g/mol. The number of hydrogen-bond acceptors (Lipinski definition) is 4. The summed E-state index contributed by atoms with van der Waals surface area (Å²) in [6, 6.07) is 0. The molecule has 0 amide bonds. The SMILES string of the molecule is COC1=C(O)[C@@](C)(OC)CC(C(=O)O)=C1. The number of rotatable bonds is 3. The molecule has 0 aromatic carbocycles. The maximum absolute atomic E-state index is 10.8. The first-order valence-electron chi connectivity index (χ1n) is 4.41. The molecule has 0 aromatic rings. The van der Waals surface area contributed by atoms with Gasteiger partial charge in [-0.2, -0.15) is 0 Å². The average molecular weight is 214 g/mol. The molecular formula is C10H14O5. The van der Waals surface area contributed by atoms with Crippen LogP contribution in [0.1, 0.15) is 13.3 Å². The van der Waals surface area contributed by atoms with E-state index in [9.17, 15) is 9.90 Å². The third kappa shape index (κ3) is 1.97. The number of allylic oxidation sites excluding steroid dienone is 1. The van der Waals surface area contributed by atoms with E-state index in [2.05, 4.69) is 0 Å². The lowest BCUT2D eigenvalue weighted by atomic mass is 9.88. The van der Waals surface area contributed by atoms with Gasteiger partial charge in [-0.3, -0.25) is 0 Å². The van der Waals surface area contributed by atoms with Crippen molar-refractivity contribution in [2.75, 3.05) is 14.2 Å².